The van der Waals surface area contributed by atoms with E-state index in [4.69, 9.17) is 9.47 Å². The molecule has 1 aromatic carbocycles. The van der Waals surface area contributed by atoms with E-state index in [0.717, 1.165) is 6.42 Å². The van der Waals surface area contributed by atoms with Crippen molar-refractivity contribution in [2.75, 3.05) is 26.7 Å². The van der Waals surface area contributed by atoms with Crippen LogP contribution in [0.4, 0.5) is 15.3 Å². The molecular weight excluding hydrogens is 366 g/mol. The van der Waals surface area contributed by atoms with Gasteiger partial charge in [-0.3, -0.25) is 10.1 Å². The molecule has 9 heteroatoms. The molecular formula is C19H27N3O6. The average Bonchev–Trinajstić information content (AvgIpc) is 3.07. The van der Waals surface area contributed by atoms with Crippen LogP contribution in [0.15, 0.2) is 24.3 Å². The van der Waals surface area contributed by atoms with Gasteiger partial charge in [0, 0.05) is 38.8 Å². The number of non-ortho nitro benzene ring substituents is 1. The van der Waals surface area contributed by atoms with Crippen molar-refractivity contribution in [2.45, 2.75) is 39.4 Å². The topological polar surface area (TPSA) is 102 Å². The van der Waals surface area contributed by atoms with Gasteiger partial charge in [-0.05, 0) is 50.8 Å². The molecule has 9 nitrogen and oxygen atoms in total. The molecule has 1 aliphatic heterocycles. The quantitative estimate of drug-likeness (QED) is 0.561. The van der Waals surface area contributed by atoms with E-state index in [9.17, 15) is 19.7 Å². The third-order valence-corrected chi connectivity index (χ3v) is 4.29. The van der Waals surface area contributed by atoms with E-state index in [0.29, 0.717) is 25.2 Å². The van der Waals surface area contributed by atoms with Crippen LogP contribution >= 0.6 is 0 Å². The third kappa shape index (κ3) is 6.40. The van der Waals surface area contributed by atoms with Crippen molar-refractivity contribution in [3.8, 4) is 0 Å². The number of rotatable bonds is 5. The van der Waals surface area contributed by atoms with E-state index in [1.54, 1.807) is 24.1 Å². The lowest BCUT2D eigenvalue weighted by Gasteiger charge is -2.25. The second-order valence-corrected chi connectivity index (χ2v) is 7.94. The summed E-state index contributed by atoms with van der Waals surface area (Å²) in [6, 6.07) is 5.86. The van der Waals surface area contributed by atoms with Gasteiger partial charge in [0.25, 0.3) is 5.69 Å². The fourth-order valence-corrected chi connectivity index (χ4v) is 2.90. The van der Waals surface area contributed by atoms with E-state index in [1.807, 2.05) is 20.8 Å². The highest BCUT2D eigenvalue weighted by Gasteiger charge is 2.31. The third-order valence-electron chi connectivity index (χ3n) is 4.29. The van der Waals surface area contributed by atoms with Crippen LogP contribution in [0.1, 0.15) is 32.8 Å². The lowest BCUT2D eigenvalue weighted by atomic mass is 10.1. The van der Waals surface area contributed by atoms with Crippen LogP contribution in [0.25, 0.3) is 0 Å². The molecule has 1 aliphatic rings. The first-order chi connectivity index (χ1) is 13.0. The molecule has 0 saturated carbocycles. The molecule has 0 aliphatic carbocycles. The average molecular weight is 393 g/mol. The number of likely N-dealkylation sites (tertiary alicyclic amines) is 1. The number of carbonyl (C=O) groups excluding carboxylic acids is 2. The van der Waals surface area contributed by atoms with Crippen molar-refractivity contribution in [2.24, 2.45) is 5.92 Å². The maximum atomic E-state index is 12.2. The highest BCUT2D eigenvalue weighted by atomic mass is 16.6. The molecule has 0 spiro atoms. The molecule has 0 radical (unpaired) electrons. The molecule has 1 fully saturated rings. The monoisotopic (exact) mass is 393 g/mol. The largest absolute Gasteiger partial charge is 0.445 e. The maximum Gasteiger partial charge on any atom is 0.410 e. The molecule has 2 amide bonds. The molecule has 1 atom stereocenters. The fourth-order valence-electron chi connectivity index (χ4n) is 2.90. The summed E-state index contributed by atoms with van der Waals surface area (Å²) in [4.78, 5) is 37.6. The molecule has 1 heterocycles. The first-order valence-electron chi connectivity index (χ1n) is 9.14. The zero-order valence-electron chi connectivity index (χ0n) is 16.7. The van der Waals surface area contributed by atoms with Gasteiger partial charge < -0.3 is 19.3 Å². The first-order valence-corrected chi connectivity index (χ1v) is 9.14. The molecule has 0 unspecified atom stereocenters. The van der Waals surface area contributed by atoms with Gasteiger partial charge >= 0.3 is 12.2 Å². The van der Waals surface area contributed by atoms with Gasteiger partial charge in [-0.15, -0.1) is 0 Å². The van der Waals surface area contributed by atoms with Crippen LogP contribution in [0.5, 0.6) is 0 Å². The molecule has 0 aromatic heterocycles. The molecule has 2 rings (SSSR count). The van der Waals surface area contributed by atoms with Crippen LogP contribution in [0.3, 0.4) is 0 Å². The number of carbonyl (C=O) groups is 2. The van der Waals surface area contributed by atoms with Gasteiger partial charge in [0.1, 0.15) is 12.2 Å². The summed E-state index contributed by atoms with van der Waals surface area (Å²) in [5, 5.41) is 10.6. The summed E-state index contributed by atoms with van der Waals surface area (Å²) in [7, 11) is 1.65. The summed E-state index contributed by atoms with van der Waals surface area (Å²) >= 11 is 0. The Balaban J connectivity index is 1.76. The molecule has 28 heavy (non-hydrogen) atoms. The number of hydrogen-bond donors (Lipinski definition) is 0. The van der Waals surface area contributed by atoms with E-state index in [-0.39, 0.29) is 24.3 Å². The van der Waals surface area contributed by atoms with Crippen LogP contribution < -0.4 is 0 Å². The number of nitro groups is 1. The molecule has 154 valence electrons. The predicted octanol–water partition coefficient (Wildman–Crippen LogP) is 3.42. The normalized spacial score (nSPS) is 16.6. The summed E-state index contributed by atoms with van der Waals surface area (Å²) in [6.45, 7) is 7.13. The Labute approximate surface area is 164 Å². The first kappa shape index (κ1) is 21.5. The van der Waals surface area contributed by atoms with Crippen LogP contribution in [-0.2, 0) is 16.1 Å². The van der Waals surface area contributed by atoms with Gasteiger partial charge in [0.15, 0.2) is 0 Å². The number of benzene rings is 1. The minimum absolute atomic E-state index is 0.0111. The fraction of sp³-hybridized carbons (Fsp3) is 0.579. The maximum absolute atomic E-state index is 12.2. The van der Waals surface area contributed by atoms with Crippen LogP contribution in [0.2, 0.25) is 0 Å². The summed E-state index contributed by atoms with van der Waals surface area (Å²) in [5.74, 6) is 0.157. The zero-order chi connectivity index (χ0) is 20.9. The molecule has 0 bridgehead atoms. The van der Waals surface area contributed by atoms with Gasteiger partial charge in [-0.2, -0.15) is 0 Å². The van der Waals surface area contributed by atoms with Gasteiger partial charge in [0.05, 0.1) is 4.92 Å². The summed E-state index contributed by atoms with van der Waals surface area (Å²) in [5.41, 5.74) is 0.125. The van der Waals surface area contributed by atoms with Crippen LogP contribution in [-0.4, -0.2) is 59.2 Å². The van der Waals surface area contributed by atoms with E-state index >= 15 is 0 Å². The smallest absolute Gasteiger partial charge is 0.410 e. The Morgan fingerprint density at radius 3 is 2.50 bits per heavy atom. The zero-order valence-corrected chi connectivity index (χ0v) is 16.7. The Hall–Kier alpha value is -2.84. The minimum atomic E-state index is -0.534. The predicted molar refractivity (Wildman–Crippen MR) is 102 cm³/mol. The molecule has 1 saturated heterocycles. The number of hydrogen-bond acceptors (Lipinski definition) is 6. The van der Waals surface area contributed by atoms with Gasteiger partial charge in [-0.1, -0.05) is 0 Å². The Kier molecular flexibility index (Phi) is 6.82. The Morgan fingerprint density at radius 1 is 1.29 bits per heavy atom. The Morgan fingerprint density at radius 2 is 1.93 bits per heavy atom. The van der Waals surface area contributed by atoms with Gasteiger partial charge in [-0.25, -0.2) is 9.59 Å². The number of ether oxygens (including phenoxy) is 2. The number of nitro benzene ring substituents is 1. The summed E-state index contributed by atoms with van der Waals surface area (Å²) in [6.07, 6.45) is -0.0216. The van der Waals surface area contributed by atoms with E-state index in [1.165, 1.54) is 17.0 Å². The van der Waals surface area contributed by atoms with Crippen molar-refractivity contribution in [3.63, 3.8) is 0 Å². The van der Waals surface area contributed by atoms with Crippen molar-refractivity contribution < 1.29 is 24.0 Å². The van der Waals surface area contributed by atoms with Crippen LogP contribution in [0, 0.1) is 16.0 Å². The number of nitrogens with zero attached hydrogens (tertiary/aromatic N) is 3. The molecule has 0 N–H and O–H groups in total. The second-order valence-electron chi connectivity index (χ2n) is 7.94. The SMILES string of the molecule is CN(C[C@H]1CCN(C(=O)OC(C)(C)C)C1)C(=O)OCc1ccc([N+](=O)[O-])cc1. The Bertz CT molecular complexity index is 713. The molecule has 1 aromatic rings. The van der Waals surface area contributed by atoms with Crippen molar-refractivity contribution in [3.05, 3.63) is 39.9 Å². The number of amides is 2. The standard InChI is InChI=1S/C19H27N3O6/c1-19(2,3)28-18(24)21-10-9-15(12-21)11-20(4)17(23)27-13-14-5-7-16(8-6-14)22(25)26/h5-8,15H,9-13H2,1-4H3/t15-/m1/s1. The minimum Gasteiger partial charge on any atom is -0.445 e. The second kappa shape index (κ2) is 8.90. The van der Waals surface area contributed by atoms with Crippen molar-refractivity contribution >= 4 is 17.9 Å². The lowest BCUT2D eigenvalue weighted by Crippen LogP contribution is -2.37. The van der Waals surface area contributed by atoms with Crippen molar-refractivity contribution in [1.82, 2.24) is 9.80 Å². The highest BCUT2D eigenvalue weighted by Crippen LogP contribution is 2.20. The highest BCUT2D eigenvalue weighted by molar-refractivity contribution is 5.69. The van der Waals surface area contributed by atoms with E-state index < -0.39 is 16.6 Å². The lowest BCUT2D eigenvalue weighted by molar-refractivity contribution is -0.384. The van der Waals surface area contributed by atoms with Crippen molar-refractivity contribution in [1.29, 1.82) is 0 Å². The summed E-state index contributed by atoms with van der Waals surface area (Å²) < 4.78 is 10.6. The van der Waals surface area contributed by atoms with Gasteiger partial charge in [0.2, 0.25) is 0 Å². The van der Waals surface area contributed by atoms with E-state index in [2.05, 4.69) is 0 Å².